The Morgan fingerprint density at radius 3 is 3.05 bits per heavy atom. The standard InChI is InChI=1S/C13H9NO3S2/c15-13(11-2-1-4-16-11)17-6-10-8-19-12(14-10)9-3-5-18-7-9/h1-5,7-8H,6H2. The average molecular weight is 291 g/mol. The fourth-order valence-corrected chi connectivity index (χ4v) is 3.01. The van der Waals surface area contributed by atoms with E-state index in [4.69, 9.17) is 9.15 Å². The number of thiazole rings is 1. The first-order valence-electron chi connectivity index (χ1n) is 5.50. The predicted octanol–water partition coefficient (Wildman–Crippen LogP) is 3.82. The zero-order chi connectivity index (χ0) is 13.1. The maximum Gasteiger partial charge on any atom is 0.374 e. The molecule has 0 unspecified atom stereocenters. The molecule has 0 N–H and O–H groups in total. The summed E-state index contributed by atoms with van der Waals surface area (Å²) in [5.41, 5.74) is 1.84. The highest BCUT2D eigenvalue weighted by molar-refractivity contribution is 7.14. The molecular formula is C13H9NO3S2. The predicted molar refractivity (Wildman–Crippen MR) is 73.3 cm³/mol. The Kier molecular flexibility index (Phi) is 3.43. The molecule has 0 atom stereocenters. The normalized spacial score (nSPS) is 10.5. The summed E-state index contributed by atoms with van der Waals surface area (Å²) in [5, 5.41) is 6.87. The molecule has 0 aliphatic rings. The Morgan fingerprint density at radius 2 is 2.32 bits per heavy atom. The highest BCUT2D eigenvalue weighted by Gasteiger charge is 2.11. The number of furan rings is 1. The summed E-state index contributed by atoms with van der Waals surface area (Å²) in [6.45, 7) is 0.153. The van der Waals surface area contributed by atoms with Gasteiger partial charge in [-0.15, -0.1) is 11.3 Å². The molecule has 0 spiro atoms. The molecule has 0 saturated heterocycles. The van der Waals surface area contributed by atoms with Gasteiger partial charge in [0.05, 0.1) is 12.0 Å². The van der Waals surface area contributed by atoms with Crippen LogP contribution in [0.15, 0.2) is 45.0 Å². The number of hydrogen-bond acceptors (Lipinski definition) is 6. The first kappa shape index (κ1) is 12.1. The molecular weight excluding hydrogens is 282 g/mol. The van der Waals surface area contributed by atoms with Gasteiger partial charge in [-0.3, -0.25) is 0 Å². The van der Waals surface area contributed by atoms with Crippen LogP contribution in [0.2, 0.25) is 0 Å². The van der Waals surface area contributed by atoms with E-state index in [1.165, 1.54) is 17.6 Å². The highest BCUT2D eigenvalue weighted by atomic mass is 32.1. The lowest BCUT2D eigenvalue weighted by Gasteiger charge is -1.99. The minimum absolute atomic E-state index is 0.153. The molecule has 96 valence electrons. The van der Waals surface area contributed by atoms with Gasteiger partial charge >= 0.3 is 5.97 Å². The Morgan fingerprint density at radius 1 is 1.37 bits per heavy atom. The molecule has 0 fully saturated rings. The van der Waals surface area contributed by atoms with Crippen LogP contribution in [0.5, 0.6) is 0 Å². The van der Waals surface area contributed by atoms with E-state index in [2.05, 4.69) is 4.98 Å². The summed E-state index contributed by atoms with van der Waals surface area (Å²) < 4.78 is 10.1. The highest BCUT2D eigenvalue weighted by Crippen LogP contribution is 2.25. The van der Waals surface area contributed by atoms with Gasteiger partial charge < -0.3 is 9.15 Å². The summed E-state index contributed by atoms with van der Waals surface area (Å²) in [6.07, 6.45) is 1.44. The number of hydrogen-bond donors (Lipinski definition) is 0. The molecule has 0 aliphatic carbocycles. The van der Waals surface area contributed by atoms with Gasteiger partial charge in [0.25, 0.3) is 0 Å². The van der Waals surface area contributed by atoms with E-state index >= 15 is 0 Å². The Balaban J connectivity index is 1.63. The number of esters is 1. The van der Waals surface area contributed by atoms with E-state index in [-0.39, 0.29) is 12.4 Å². The lowest BCUT2D eigenvalue weighted by Crippen LogP contribution is -2.03. The van der Waals surface area contributed by atoms with Gasteiger partial charge in [0.15, 0.2) is 0 Å². The van der Waals surface area contributed by atoms with Crippen LogP contribution in [0.4, 0.5) is 0 Å². The third-order valence-electron chi connectivity index (χ3n) is 2.39. The van der Waals surface area contributed by atoms with E-state index in [1.54, 1.807) is 23.5 Å². The zero-order valence-electron chi connectivity index (χ0n) is 9.74. The second-order valence-electron chi connectivity index (χ2n) is 3.71. The van der Waals surface area contributed by atoms with Gasteiger partial charge in [-0.1, -0.05) is 0 Å². The van der Waals surface area contributed by atoms with Crippen molar-refractivity contribution in [3.8, 4) is 10.6 Å². The quantitative estimate of drug-likeness (QED) is 0.686. The van der Waals surface area contributed by atoms with E-state index in [1.807, 2.05) is 22.2 Å². The lowest BCUT2D eigenvalue weighted by atomic mass is 10.4. The van der Waals surface area contributed by atoms with Crippen LogP contribution in [0, 0.1) is 0 Å². The second kappa shape index (κ2) is 5.38. The van der Waals surface area contributed by atoms with Gasteiger partial charge in [0, 0.05) is 16.3 Å². The molecule has 3 heterocycles. The van der Waals surface area contributed by atoms with Crippen LogP contribution >= 0.6 is 22.7 Å². The van der Waals surface area contributed by atoms with Crippen molar-refractivity contribution in [2.24, 2.45) is 0 Å². The van der Waals surface area contributed by atoms with Crippen molar-refractivity contribution >= 4 is 28.6 Å². The molecule has 0 bridgehead atoms. The van der Waals surface area contributed by atoms with Crippen LogP contribution in [-0.2, 0) is 11.3 Å². The van der Waals surface area contributed by atoms with Crippen LogP contribution in [0.1, 0.15) is 16.2 Å². The topological polar surface area (TPSA) is 52.3 Å². The van der Waals surface area contributed by atoms with E-state index < -0.39 is 5.97 Å². The second-order valence-corrected chi connectivity index (χ2v) is 5.35. The van der Waals surface area contributed by atoms with Gasteiger partial charge in [-0.25, -0.2) is 9.78 Å². The summed E-state index contributed by atoms with van der Waals surface area (Å²) >= 11 is 3.17. The van der Waals surface area contributed by atoms with Crippen LogP contribution < -0.4 is 0 Å². The fraction of sp³-hybridized carbons (Fsp3) is 0.0769. The lowest BCUT2D eigenvalue weighted by molar-refractivity contribution is 0.0432. The number of ether oxygens (including phenoxy) is 1. The number of aromatic nitrogens is 1. The van der Waals surface area contributed by atoms with Gasteiger partial charge in [-0.05, 0) is 23.6 Å². The molecule has 0 radical (unpaired) electrons. The summed E-state index contributed by atoms with van der Waals surface area (Å²) in [4.78, 5) is 16.0. The Bertz CT molecular complexity index is 656. The number of carbonyl (C=O) groups is 1. The third-order valence-corrected chi connectivity index (χ3v) is 4.02. The smallest absolute Gasteiger partial charge is 0.374 e. The monoisotopic (exact) mass is 291 g/mol. The van der Waals surface area contributed by atoms with Gasteiger partial charge in [0.1, 0.15) is 11.6 Å². The first-order valence-corrected chi connectivity index (χ1v) is 7.33. The molecule has 3 aromatic rings. The van der Waals surface area contributed by atoms with Crippen LogP contribution in [0.3, 0.4) is 0 Å². The molecule has 0 aromatic carbocycles. The molecule has 0 saturated carbocycles. The maximum absolute atomic E-state index is 11.6. The molecule has 3 aromatic heterocycles. The van der Waals surface area contributed by atoms with Crippen molar-refractivity contribution in [2.75, 3.05) is 0 Å². The van der Waals surface area contributed by atoms with Crippen molar-refractivity contribution < 1.29 is 13.9 Å². The molecule has 0 amide bonds. The van der Waals surface area contributed by atoms with Crippen molar-refractivity contribution in [1.29, 1.82) is 0 Å². The largest absolute Gasteiger partial charge is 0.457 e. The van der Waals surface area contributed by atoms with Gasteiger partial charge in [-0.2, -0.15) is 11.3 Å². The van der Waals surface area contributed by atoms with Crippen molar-refractivity contribution in [2.45, 2.75) is 6.61 Å². The molecule has 4 nitrogen and oxygen atoms in total. The van der Waals surface area contributed by atoms with Crippen LogP contribution in [-0.4, -0.2) is 11.0 Å². The maximum atomic E-state index is 11.6. The van der Waals surface area contributed by atoms with Crippen molar-refractivity contribution in [3.63, 3.8) is 0 Å². The fourth-order valence-electron chi connectivity index (χ4n) is 1.50. The first-order chi connectivity index (χ1) is 9.33. The third kappa shape index (κ3) is 2.74. The molecule has 19 heavy (non-hydrogen) atoms. The van der Waals surface area contributed by atoms with E-state index in [9.17, 15) is 4.79 Å². The summed E-state index contributed by atoms with van der Waals surface area (Å²) in [6, 6.07) is 5.23. The van der Waals surface area contributed by atoms with Gasteiger partial charge in [0.2, 0.25) is 5.76 Å². The van der Waals surface area contributed by atoms with Crippen molar-refractivity contribution in [1.82, 2.24) is 4.98 Å². The number of thiophene rings is 1. The summed E-state index contributed by atoms with van der Waals surface area (Å²) in [5.74, 6) is -0.275. The molecule has 6 heteroatoms. The van der Waals surface area contributed by atoms with E-state index in [0.717, 1.165) is 16.3 Å². The number of nitrogens with zero attached hydrogens (tertiary/aromatic N) is 1. The number of carbonyl (C=O) groups excluding carboxylic acids is 1. The minimum atomic E-state index is -0.477. The van der Waals surface area contributed by atoms with Crippen molar-refractivity contribution in [3.05, 3.63) is 52.1 Å². The minimum Gasteiger partial charge on any atom is -0.457 e. The Labute approximate surface area is 117 Å². The SMILES string of the molecule is O=C(OCc1csc(-c2ccsc2)n1)c1ccco1. The number of rotatable bonds is 4. The van der Waals surface area contributed by atoms with Crippen LogP contribution in [0.25, 0.3) is 10.6 Å². The Hall–Kier alpha value is -1.92. The van der Waals surface area contributed by atoms with E-state index in [0.29, 0.717) is 0 Å². The molecule has 3 rings (SSSR count). The molecule has 0 aliphatic heterocycles. The summed E-state index contributed by atoms with van der Waals surface area (Å²) in [7, 11) is 0. The zero-order valence-corrected chi connectivity index (χ0v) is 11.4. The average Bonchev–Trinajstić information content (AvgIpc) is 3.14.